The van der Waals surface area contributed by atoms with E-state index < -0.39 is 12.1 Å². The number of carboxylic acid groups (broad SMARTS) is 1. The zero-order valence-corrected chi connectivity index (χ0v) is 11.7. The van der Waals surface area contributed by atoms with Crippen molar-refractivity contribution >= 4 is 5.97 Å². The lowest BCUT2D eigenvalue weighted by molar-refractivity contribution is -0.149. The van der Waals surface area contributed by atoms with Crippen molar-refractivity contribution in [3.05, 3.63) is 0 Å². The molecule has 4 nitrogen and oxygen atoms in total. The molecule has 106 valence electrons. The van der Waals surface area contributed by atoms with E-state index in [4.69, 9.17) is 9.84 Å². The van der Waals surface area contributed by atoms with Gasteiger partial charge in [-0.15, -0.1) is 0 Å². The number of carbonyl (C=O) groups is 1. The van der Waals surface area contributed by atoms with E-state index in [2.05, 4.69) is 19.2 Å². The third-order valence-electron chi connectivity index (χ3n) is 3.56. The molecule has 0 aliphatic carbocycles. The molecule has 4 heteroatoms. The van der Waals surface area contributed by atoms with E-state index in [0.29, 0.717) is 12.5 Å². The van der Waals surface area contributed by atoms with Gasteiger partial charge in [0.15, 0.2) is 6.10 Å². The Labute approximate surface area is 110 Å². The fourth-order valence-electron chi connectivity index (χ4n) is 2.48. The molecule has 0 bridgehead atoms. The summed E-state index contributed by atoms with van der Waals surface area (Å²) in [6.45, 7) is 5.20. The zero-order chi connectivity index (χ0) is 13.4. The van der Waals surface area contributed by atoms with E-state index >= 15 is 0 Å². The van der Waals surface area contributed by atoms with Crippen LogP contribution in [0, 0.1) is 0 Å². The van der Waals surface area contributed by atoms with Crippen molar-refractivity contribution in [2.45, 2.75) is 77.0 Å². The molecule has 18 heavy (non-hydrogen) atoms. The second-order valence-corrected chi connectivity index (χ2v) is 5.20. The molecule has 1 fully saturated rings. The van der Waals surface area contributed by atoms with Crippen LogP contribution in [0.2, 0.25) is 0 Å². The summed E-state index contributed by atoms with van der Waals surface area (Å²) in [4.78, 5) is 10.8. The highest BCUT2D eigenvalue weighted by Gasteiger charge is 2.30. The van der Waals surface area contributed by atoms with Gasteiger partial charge in [-0.1, -0.05) is 33.1 Å². The second kappa shape index (κ2) is 8.48. The first-order chi connectivity index (χ1) is 8.67. The molecule has 0 aromatic carbocycles. The third-order valence-corrected chi connectivity index (χ3v) is 3.56. The van der Waals surface area contributed by atoms with Crippen LogP contribution in [-0.4, -0.2) is 35.9 Å². The summed E-state index contributed by atoms with van der Waals surface area (Å²) in [6, 6.07) is 0.558. The van der Waals surface area contributed by atoms with E-state index in [1.165, 1.54) is 32.1 Å². The summed E-state index contributed by atoms with van der Waals surface area (Å²) in [5.41, 5.74) is 0. The maximum atomic E-state index is 10.8. The van der Waals surface area contributed by atoms with E-state index in [1.807, 2.05) is 0 Å². The fraction of sp³-hybridized carbons (Fsp3) is 0.929. The highest BCUT2D eigenvalue weighted by molar-refractivity contribution is 5.72. The van der Waals surface area contributed by atoms with Gasteiger partial charge in [0.25, 0.3) is 0 Å². The van der Waals surface area contributed by atoms with Gasteiger partial charge in [0.05, 0.1) is 6.10 Å². The summed E-state index contributed by atoms with van der Waals surface area (Å²) in [5, 5.41) is 12.4. The van der Waals surface area contributed by atoms with Crippen molar-refractivity contribution < 1.29 is 14.6 Å². The van der Waals surface area contributed by atoms with E-state index in [9.17, 15) is 4.79 Å². The SMILES string of the molecule is CCCCC(CCC)NCC1CCC(C(=O)O)O1. The molecule has 0 amide bonds. The Bertz CT molecular complexity index is 245. The Morgan fingerprint density at radius 1 is 1.33 bits per heavy atom. The van der Waals surface area contributed by atoms with Gasteiger partial charge in [-0.2, -0.15) is 0 Å². The van der Waals surface area contributed by atoms with E-state index in [1.54, 1.807) is 0 Å². The van der Waals surface area contributed by atoms with Crippen molar-refractivity contribution in [2.75, 3.05) is 6.54 Å². The summed E-state index contributed by atoms with van der Waals surface area (Å²) in [7, 11) is 0. The van der Waals surface area contributed by atoms with Crippen LogP contribution in [-0.2, 0) is 9.53 Å². The number of hydrogen-bond acceptors (Lipinski definition) is 3. The van der Waals surface area contributed by atoms with Crippen LogP contribution in [0.3, 0.4) is 0 Å². The smallest absolute Gasteiger partial charge is 0.332 e. The van der Waals surface area contributed by atoms with Gasteiger partial charge in [-0.3, -0.25) is 0 Å². The number of unbranched alkanes of at least 4 members (excludes halogenated alkanes) is 1. The van der Waals surface area contributed by atoms with Crippen LogP contribution in [0.25, 0.3) is 0 Å². The van der Waals surface area contributed by atoms with Crippen LogP contribution in [0.5, 0.6) is 0 Å². The quantitative estimate of drug-likeness (QED) is 0.666. The number of nitrogens with one attached hydrogen (secondary N) is 1. The molecule has 0 spiro atoms. The molecule has 0 radical (unpaired) electrons. The van der Waals surface area contributed by atoms with Crippen molar-refractivity contribution in [2.24, 2.45) is 0 Å². The highest BCUT2D eigenvalue weighted by Crippen LogP contribution is 2.19. The lowest BCUT2D eigenvalue weighted by Crippen LogP contribution is -2.36. The van der Waals surface area contributed by atoms with Crippen molar-refractivity contribution in [1.29, 1.82) is 0 Å². The third kappa shape index (κ3) is 5.36. The van der Waals surface area contributed by atoms with Crippen molar-refractivity contribution in [1.82, 2.24) is 5.32 Å². The zero-order valence-electron chi connectivity index (χ0n) is 11.7. The number of rotatable bonds is 9. The Kier molecular flexibility index (Phi) is 7.28. The molecule has 1 heterocycles. The van der Waals surface area contributed by atoms with Gasteiger partial charge >= 0.3 is 5.97 Å². The van der Waals surface area contributed by atoms with Gasteiger partial charge in [0.1, 0.15) is 0 Å². The average Bonchev–Trinajstić information content (AvgIpc) is 2.81. The Morgan fingerprint density at radius 3 is 2.67 bits per heavy atom. The van der Waals surface area contributed by atoms with Crippen LogP contribution in [0.15, 0.2) is 0 Å². The second-order valence-electron chi connectivity index (χ2n) is 5.20. The lowest BCUT2D eigenvalue weighted by atomic mass is 10.0. The maximum absolute atomic E-state index is 10.8. The monoisotopic (exact) mass is 257 g/mol. The summed E-state index contributed by atoms with van der Waals surface area (Å²) in [5.74, 6) is -0.825. The van der Waals surface area contributed by atoms with Gasteiger partial charge in [0, 0.05) is 12.6 Å². The normalized spacial score (nSPS) is 25.2. The van der Waals surface area contributed by atoms with E-state index in [-0.39, 0.29) is 6.10 Å². The minimum Gasteiger partial charge on any atom is -0.479 e. The molecule has 0 saturated carbocycles. The number of hydrogen-bond donors (Lipinski definition) is 2. The Balaban J connectivity index is 2.23. The Morgan fingerprint density at radius 2 is 2.11 bits per heavy atom. The Hall–Kier alpha value is -0.610. The molecule has 2 N–H and O–H groups in total. The van der Waals surface area contributed by atoms with Crippen LogP contribution in [0.4, 0.5) is 0 Å². The first kappa shape index (κ1) is 15.4. The molecule has 3 unspecified atom stereocenters. The molecular formula is C14H27NO3. The fourth-order valence-corrected chi connectivity index (χ4v) is 2.48. The number of ether oxygens (including phenoxy) is 1. The number of carboxylic acids is 1. The molecule has 3 atom stereocenters. The minimum absolute atomic E-state index is 0.0760. The number of aliphatic carboxylic acids is 1. The maximum Gasteiger partial charge on any atom is 0.332 e. The largest absolute Gasteiger partial charge is 0.479 e. The van der Waals surface area contributed by atoms with Crippen molar-refractivity contribution in [3.8, 4) is 0 Å². The predicted molar refractivity (Wildman–Crippen MR) is 71.8 cm³/mol. The molecule has 0 aromatic heterocycles. The molecule has 1 rings (SSSR count). The van der Waals surface area contributed by atoms with Gasteiger partial charge in [-0.05, 0) is 25.7 Å². The van der Waals surface area contributed by atoms with Crippen molar-refractivity contribution in [3.63, 3.8) is 0 Å². The highest BCUT2D eigenvalue weighted by atomic mass is 16.5. The first-order valence-corrected chi connectivity index (χ1v) is 7.29. The summed E-state index contributed by atoms with van der Waals surface area (Å²) >= 11 is 0. The van der Waals surface area contributed by atoms with Gasteiger partial charge in [0.2, 0.25) is 0 Å². The standard InChI is InChI=1S/C14H27NO3/c1-3-5-7-11(6-4-2)15-10-12-8-9-13(18-12)14(16)17/h11-13,15H,3-10H2,1-2H3,(H,16,17). The molecule has 1 aliphatic rings. The lowest BCUT2D eigenvalue weighted by Gasteiger charge is -2.20. The minimum atomic E-state index is -0.825. The van der Waals surface area contributed by atoms with Crippen LogP contribution >= 0.6 is 0 Å². The van der Waals surface area contributed by atoms with Gasteiger partial charge < -0.3 is 15.2 Å². The molecule has 1 saturated heterocycles. The first-order valence-electron chi connectivity index (χ1n) is 7.29. The van der Waals surface area contributed by atoms with Crippen LogP contribution in [0.1, 0.15) is 58.8 Å². The topological polar surface area (TPSA) is 58.6 Å². The molecule has 1 aliphatic heterocycles. The molecule has 0 aromatic rings. The summed E-state index contributed by atoms with van der Waals surface area (Å²) < 4.78 is 5.49. The average molecular weight is 257 g/mol. The molecular weight excluding hydrogens is 230 g/mol. The van der Waals surface area contributed by atoms with Gasteiger partial charge in [-0.25, -0.2) is 4.79 Å². The van der Waals surface area contributed by atoms with E-state index in [0.717, 1.165) is 13.0 Å². The predicted octanol–water partition coefficient (Wildman–Crippen LogP) is 2.57. The van der Waals surface area contributed by atoms with Crippen LogP contribution < -0.4 is 5.32 Å². The summed E-state index contributed by atoms with van der Waals surface area (Å²) in [6.07, 6.45) is 7.05.